The van der Waals surface area contributed by atoms with Crippen LogP contribution in [0.15, 0.2) is 18.2 Å². The molecule has 1 aliphatic heterocycles. The first kappa shape index (κ1) is 17.8. The molecule has 1 unspecified atom stereocenters. The average molecular weight is 313 g/mol. The first-order valence-corrected chi connectivity index (χ1v) is 7.30. The summed E-state index contributed by atoms with van der Waals surface area (Å²) in [6, 6.07) is 6.11. The molecule has 1 aliphatic rings. The maximum absolute atomic E-state index is 12.1. The Hall–Kier alpha value is -1.26. The van der Waals surface area contributed by atoms with Gasteiger partial charge in [-0.25, -0.2) is 0 Å². The largest absolute Gasteiger partial charge is 0.493 e. The average Bonchev–Trinajstić information content (AvgIpc) is 2.43. The van der Waals surface area contributed by atoms with E-state index in [1.165, 1.54) is 5.56 Å². The Kier molecular flexibility index (Phi) is 6.99. The monoisotopic (exact) mass is 312 g/mol. The first-order valence-electron chi connectivity index (χ1n) is 7.30. The molecule has 0 aromatic heterocycles. The van der Waals surface area contributed by atoms with Crippen LogP contribution in [-0.4, -0.2) is 36.5 Å². The molecule has 0 aliphatic carbocycles. The van der Waals surface area contributed by atoms with E-state index in [1.54, 1.807) is 0 Å². The number of halogens is 1. The number of carbonyl (C=O) groups excluding carboxylic acids is 1. The number of hydrogen-bond donors (Lipinski definition) is 1. The fraction of sp³-hybridized carbons (Fsp3) is 0.562. The fourth-order valence-corrected chi connectivity index (χ4v) is 2.52. The highest BCUT2D eigenvalue weighted by molar-refractivity contribution is 5.85. The minimum Gasteiger partial charge on any atom is -0.493 e. The molecular weight excluding hydrogens is 288 g/mol. The maximum Gasteiger partial charge on any atom is 0.226 e. The molecule has 1 aromatic rings. The van der Waals surface area contributed by atoms with Crippen molar-refractivity contribution in [1.29, 1.82) is 0 Å². The zero-order valence-corrected chi connectivity index (χ0v) is 13.6. The molecule has 1 aromatic carbocycles. The van der Waals surface area contributed by atoms with Gasteiger partial charge in [0, 0.05) is 19.1 Å². The van der Waals surface area contributed by atoms with Gasteiger partial charge in [-0.1, -0.05) is 12.1 Å². The number of aryl methyl sites for hydroxylation is 1. The van der Waals surface area contributed by atoms with Crippen LogP contribution in [0.2, 0.25) is 0 Å². The number of nitrogens with zero attached hydrogens (tertiary/aromatic N) is 1. The van der Waals surface area contributed by atoms with Crippen LogP contribution in [0.25, 0.3) is 0 Å². The predicted molar refractivity (Wildman–Crippen MR) is 87.1 cm³/mol. The van der Waals surface area contributed by atoms with Gasteiger partial charge in [0.25, 0.3) is 0 Å². The molecule has 118 valence electrons. The number of likely N-dealkylation sites (tertiary alicyclic amines) is 1. The summed E-state index contributed by atoms with van der Waals surface area (Å²) < 4.78 is 5.73. The van der Waals surface area contributed by atoms with Crippen molar-refractivity contribution >= 4 is 18.3 Å². The van der Waals surface area contributed by atoms with E-state index in [0.29, 0.717) is 19.6 Å². The van der Waals surface area contributed by atoms with Crippen molar-refractivity contribution in [2.45, 2.75) is 39.2 Å². The van der Waals surface area contributed by atoms with Crippen molar-refractivity contribution in [1.82, 2.24) is 4.90 Å². The third kappa shape index (κ3) is 4.90. The first-order chi connectivity index (χ1) is 9.58. The van der Waals surface area contributed by atoms with Crippen molar-refractivity contribution in [3.63, 3.8) is 0 Å². The van der Waals surface area contributed by atoms with E-state index in [-0.39, 0.29) is 24.4 Å². The minimum atomic E-state index is 0. The van der Waals surface area contributed by atoms with Gasteiger partial charge in [-0.15, -0.1) is 12.4 Å². The van der Waals surface area contributed by atoms with Crippen LogP contribution in [0.5, 0.6) is 5.75 Å². The smallest absolute Gasteiger partial charge is 0.226 e. The van der Waals surface area contributed by atoms with Gasteiger partial charge in [-0.05, 0) is 43.9 Å². The van der Waals surface area contributed by atoms with E-state index < -0.39 is 0 Å². The maximum atomic E-state index is 12.1. The Morgan fingerprint density at radius 3 is 2.90 bits per heavy atom. The molecule has 2 rings (SSSR count). The topological polar surface area (TPSA) is 55.6 Å². The molecule has 1 heterocycles. The Morgan fingerprint density at radius 2 is 2.19 bits per heavy atom. The zero-order valence-electron chi connectivity index (χ0n) is 12.8. The minimum absolute atomic E-state index is 0. The molecule has 21 heavy (non-hydrogen) atoms. The highest BCUT2D eigenvalue weighted by Gasteiger charge is 2.20. The van der Waals surface area contributed by atoms with Crippen LogP contribution >= 0.6 is 12.4 Å². The number of piperidine rings is 1. The summed E-state index contributed by atoms with van der Waals surface area (Å²) in [6.07, 6.45) is 2.44. The number of benzene rings is 1. The summed E-state index contributed by atoms with van der Waals surface area (Å²) in [4.78, 5) is 13.9. The highest BCUT2D eigenvalue weighted by Crippen LogP contribution is 2.20. The van der Waals surface area contributed by atoms with Crippen LogP contribution in [0, 0.1) is 13.8 Å². The summed E-state index contributed by atoms with van der Waals surface area (Å²) in [5.74, 6) is 1.01. The Balaban J connectivity index is 0.00000220. The van der Waals surface area contributed by atoms with Gasteiger partial charge < -0.3 is 15.4 Å². The number of nitrogens with two attached hydrogens (primary N) is 1. The Labute approximate surface area is 133 Å². The van der Waals surface area contributed by atoms with E-state index in [9.17, 15) is 4.79 Å². The lowest BCUT2D eigenvalue weighted by atomic mass is 10.1. The molecule has 1 saturated heterocycles. The van der Waals surface area contributed by atoms with Gasteiger partial charge in [-0.2, -0.15) is 0 Å². The Bertz CT molecular complexity index is 479. The van der Waals surface area contributed by atoms with Gasteiger partial charge in [0.05, 0.1) is 13.0 Å². The second kappa shape index (κ2) is 8.25. The molecule has 4 nitrogen and oxygen atoms in total. The third-order valence-corrected chi connectivity index (χ3v) is 3.94. The lowest BCUT2D eigenvalue weighted by Gasteiger charge is -2.30. The molecule has 2 N–H and O–H groups in total. The lowest BCUT2D eigenvalue weighted by Crippen LogP contribution is -2.46. The standard InChI is InChI=1S/C16H24N2O2.ClH/c1-12-5-3-7-15(13(12)2)20-10-8-16(19)18-9-4-6-14(17)11-18;/h3,5,7,14H,4,6,8-11,17H2,1-2H3;1H. The van der Waals surface area contributed by atoms with Crippen molar-refractivity contribution < 1.29 is 9.53 Å². The quantitative estimate of drug-likeness (QED) is 0.929. The van der Waals surface area contributed by atoms with Gasteiger partial charge in [0.15, 0.2) is 0 Å². The molecule has 1 fully saturated rings. The molecule has 1 atom stereocenters. The molecule has 5 heteroatoms. The van der Waals surface area contributed by atoms with E-state index in [2.05, 4.69) is 13.0 Å². The summed E-state index contributed by atoms with van der Waals surface area (Å²) in [5, 5.41) is 0. The fourth-order valence-electron chi connectivity index (χ4n) is 2.52. The van der Waals surface area contributed by atoms with Crippen molar-refractivity contribution in [2.24, 2.45) is 5.73 Å². The highest BCUT2D eigenvalue weighted by atomic mass is 35.5. The van der Waals surface area contributed by atoms with Crippen LogP contribution in [0.1, 0.15) is 30.4 Å². The number of carbonyl (C=O) groups is 1. The summed E-state index contributed by atoms with van der Waals surface area (Å²) >= 11 is 0. The zero-order chi connectivity index (χ0) is 14.5. The summed E-state index contributed by atoms with van der Waals surface area (Å²) in [7, 11) is 0. The van der Waals surface area contributed by atoms with E-state index in [1.807, 2.05) is 24.0 Å². The van der Waals surface area contributed by atoms with Crippen molar-refractivity contribution in [3.8, 4) is 5.75 Å². The molecule has 1 amide bonds. The molecule has 0 saturated carbocycles. The van der Waals surface area contributed by atoms with Gasteiger partial charge in [-0.3, -0.25) is 4.79 Å². The van der Waals surface area contributed by atoms with Crippen LogP contribution in [-0.2, 0) is 4.79 Å². The predicted octanol–water partition coefficient (Wildman–Crippen LogP) is 2.44. The normalized spacial score (nSPS) is 18.0. The van der Waals surface area contributed by atoms with Crippen LogP contribution in [0.3, 0.4) is 0 Å². The van der Waals surface area contributed by atoms with Crippen molar-refractivity contribution in [3.05, 3.63) is 29.3 Å². The molecule has 0 spiro atoms. The molecule has 0 radical (unpaired) electrons. The number of ether oxygens (including phenoxy) is 1. The molecular formula is C16H25ClN2O2. The van der Waals surface area contributed by atoms with Gasteiger partial charge in [0.2, 0.25) is 5.91 Å². The SMILES string of the molecule is Cc1cccc(OCCC(=O)N2CCCC(N)C2)c1C.Cl. The van der Waals surface area contributed by atoms with Crippen LogP contribution in [0.4, 0.5) is 0 Å². The second-order valence-corrected chi connectivity index (χ2v) is 5.54. The van der Waals surface area contributed by atoms with Gasteiger partial charge >= 0.3 is 0 Å². The van der Waals surface area contributed by atoms with E-state index in [0.717, 1.165) is 30.7 Å². The van der Waals surface area contributed by atoms with E-state index in [4.69, 9.17) is 10.5 Å². The van der Waals surface area contributed by atoms with E-state index >= 15 is 0 Å². The number of amides is 1. The number of rotatable bonds is 4. The second-order valence-electron chi connectivity index (χ2n) is 5.54. The number of hydrogen-bond acceptors (Lipinski definition) is 3. The van der Waals surface area contributed by atoms with Gasteiger partial charge in [0.1, 0.15) is 5.75 Å². The third-order valence-electron chi connectivity index (χ3n) is 3.94. The van der Waals surface area contributed by atoms with Crippen LogP contribution < -0.4 is 10.5 Å². The van der Waals surface area contributed by atoms with Crippen molar-refractivity contribution in [2.75, 3.05) is 19.7 Å². The summed E-state index contributed by atoms with van der Waals surface area (Å²) in [6.45, 7) is 6.03. The molecule has 0 bridgehead atoms. The Morgan fingerprint density at radius 1 is 1.43 bits per heavy atom. The lowest BCUT2D eigenvalue weighted by molar-refractivity contribution is -0.132. The summed E-state index contributed by atoms with van der Waals surface area (Å²) in [5.41, 5.74) is 8.24.